The second-order valence-electron chi connectivity index (χ2n) is 10.1. The maximum atomic E-state index is 9.47. The van der Waals surface area contributed by atoms with Gasteiger partial charge in [-0.1, -0.05) is 76.6 Å². The van der Waals surface area contributed by atoms with Crippen LogP contribution in [-0.4, -0.2) is 18.0 Å². The fourth-order valence-corrected chi connectivity index (χ4v) is 7.26. The number of thiophene rings is 1. The molecule has 198 valence electrons. The van der Waals surface area contributed by atoms with E-state index in [9.17, 15) is 5.26 Å². The molecule has 2 aromatic rings. The van der Waals surface area contributed by atoms with Gasteiger partial charge in [0.2, 0.25) is 0 Å². The first-order chi connectivity index (χ1) is 17.9. The molecule has 1 aliphatic carbocycles. The van der Waals surface area contributed by atoms with Gasteiger partial charge in [0.25, 0.3) is 0 Å². The van der Waals surface area contributed by atoms with Crippen molar-refractivity contribution in [1.82, 2.24) is 4.90 Å². The van der Waals surface area contributed by atoms with Crippen molar-refractivity contribution < 1.29 is 0 Å². The molecule has 1 aliphatic heterocycles. The lowest BCUT2D eigenvalue weighted by atomic mass is 9.70. The zero-order valence-corrected chi connectivity index (χ0v) is 24.8. The molecule has 2 nitrogen and oxygen atoms in total. The SMILES string of the molecule is C#C.C=C(CCc1cccc2sc3c(c12)=CCCC=3CCCC)C(C)C1C(C(C)C#N)C(=C)N1C.CC. The highest BCUT2D eigenvalue weighted by Crippen LogP contribution is 2.44. The van der Waals surface area contributed by atoms with Crippen LogP contribution < -0.4 is 9.75 Å². The maximum absolute atomic E-state index is 9.47. The number of likely N-dealkylation sites (tertiary alicyclic amines) is 1. The summed E-state index contributed by atoms with van der Waals surface area (Å²) in [6.07, 6.45) is 18.7. The quantitative estimate of drug-likeness (QED) is 0.252. The number of nitrogens with zero attached hydrogens (tertiary/aromatic N) is 2. The minimum atomic E-state index is -0.00582. The predicted molar refractivity (Wildman–Crippen MR) is 165 cm³/mol. The van der Waals surface area contributed by atoms with E-state index in [1.54, 1.807) is 10.1 Å². The van der Waals surface area contributed by atoms with Crippen molar-refractivity contribution in [2.45, 2.75) is 85.6 Å². The minimum absolute atomic E-state index is 0.00582. The van der Waals surface area contributed by atoms with Crippen molar-refractivity contribution in [2.24, 2.45) is 17.8 Å². The van der Waals surface area contributed by atoms with Gasteiger partial charge in [0.15, 0.2) is 0 Å². The maximum Gasteiger partial charge on any atom is 0.0660 e. The molecular weight excluding hydrogens is 468 g/mol. The fraction of sp³-hybridized carbons (Fsp3) is 0.500. The molecular formula is C34H46N2S. The number of nitriles is 1. The summed E-state index contributed by atoms with van der Waals surface area (Å²) in [7, 11) is 2.11. The van der Waals surface area contributed by atoms with Crippen LogP contribution in [0.2, 0.25) is 0 Å². The lowest BCUT2D eigenvalue weighted by Gasteiger charge is -2.54. The second-order valence-corrected chi connectivity index (χ2v) is 11.1. The van der Waals surface area contributed by atoms with Gasteiger partial charge in [0, 0.05) is 39.3 Å². The summed E-state index contributed by atoms with van der Waals surface area (Å²) < 4.78 is 2.98. The van der Waals surface area contributed by atoms with Gasteiger partial charge in [-0.05, 0) is 68.2 Å². The molecule has 0 amide bonds. The Hall–Kier alpha value is -2.75. The Morgan fingerprint density at radius 1 is 1.24 bits per heavy atom. The van der Waals surface area contributed by atoms with Crippen molar-refractivity contribution in [3.8, 4) is 18.9 Å². The number of benzene rings is 1. The third kappa shape index (κ3) is 6.22. The molecule has 0 spiro atoms. The summed E-state index contributed by atoms with van der Waals surface area (Å²) in [5.74, 6) is 0.580. The first kappa shape index (κ1) is 30.5. The number of unbranched alkanes of at least 4 members (excludes halogenated alkanes) is 1. The third-order valence-corrected chi connectivity index (χ3v) is 9.33. The van der Waals surface area contributed by atoms with Gasteiger partial charge in [-0.3, -0.25) is 0 Å². The molecule has 1 saturated heterocycles. The topological polar surface area (TPSA) is 27.0 Å². The van der Waals surface area contributed by atoms with Crippen LogP contribution in [0.25, 0.3) is 21.7 Å². The van der Waals surface area contributed by atoms with Crippen molar-refractivity contribution in [3.63, 3.8) is 0 Å². The highest BCUT2D eigenvalue weighted by molar-refractivity contribution is 7.17. The number of aryl methyl sites for hydroxylation is 1. The standard InChI is InChI=1S/C30H38N2S.C2H6.C2H2/c1-7-8-11-24-13-9-14-25-28-23(12-10-15-26(28)33-30(24)25)17-16-19(2)21(4)29-27(20(3)18-31)22(5)32(29)6;2*1-2/h10,12,14-15,20-21,27,29H,2,5,7-9,11,13,16-17H2,1,3-4,6H3;1-2H3;1-2H. The Morgan fingerprint density at radius 3 is 2.59 bits per heavy atom. The van der Waals surface area contributed by atoms with Gasteiger partial charge in [-0.2, -0.15) is 5.26 Å². The van der Waals surface area contributed by atoms with E-state index in [0.717, 1.165) is 18.5 Å². The molecule has 4 unspecified atom stereocenters. The average Bonchev–Trinajstić information content (AvgIpc) is 3.34. The summed E-state index contributed by atoms with van der Waals surface area (Å²) in [5.41, 5.74) is 5.51. The van der Waals surface area contributed by atoms with Gasteiger partial charge < -0.3 is 4.90 Å². The molecule has 1 aromatic heterocycles. The normalized spacial score (nSPS) is 19.6. The van der Waals surface area contributed by atoms with Crippen LogP contribution in [0.3, 0.4) is 0 Å². The number of hydrogen-bond acceptors (Lipinski definition) is 3. The van der Waals surface area contributed by atoms with Gasteiger partial charge in [0.05, 0.1) is 12.0 Å². The highest BCUT2D eigenvalue weighted by Gasteiger charge is 2.46. The van der Waals surface area contributed by atoms with E-state index in [1.807, 2.05) is 32.1 Å². The van der Waals surface area contributed by atoms with Crippen molar-refractivity contribution >= 4 is 33.1 Å². The number of terminal acetylenes is 1. The first-order valence-corrected chi connectivity index (χ1v) is 14.8. The zero-order valence-electron chi connectivity index (χ0n) is 23.9. The average molecular weight is 515 g/mol. The van der Waals surface area contributed by atoms with Gasteiger partial charge in [0.1, 0.15) is 0 Å². The third-order valence-electron chi connectivity index (χ3n) is 8.05. The molecule has 1 fully saturated rings. The molecule has 1 aromatic carbocycles. The van der Waals surface area contributed by atoms with E-state index in [4.69, 9.17) is 0 Å². The van der Waals surface area contributed by atoms with Gasteiger partial charge >= 0.3 is 0 Å². The zero-order chi connectivity index (χ0) is 27.7. The molecule has 2 aliphatic rings. The van der Waals surface area contributed by atoms with E-state index in [-0.39, 0.29) is 11.8 Å². The van der Waals surface area contributed by atoms with E-state index in [2.05, 4.69) is 82.1 Å². The van der Waals surface area contributed by atoms with Crippen molar-refractivity contribution in [3.05, 3.63) is 57.9 Å². The molecule has 4 atom stereocenters. The molecule has 37 heavy (non-hydrogen) atoms. The molecule has 4 rings (SSSR count). The second kappa shape index (κ2) is 14.3. The van der Waals surface area contributed by atoms with Crippen LogP contribution in [0, 0.1) is 41.9 Å². The smallest absolute Gasteiger partial charge is 0.0660 e. The Bertz CT molecular complexity index is 1270. The first-order valence-electron chi connectivity index (χ1n) is 13.9. The van der Waals surface area contributed by atoms with E-state index in [1.165, 1.54) is 58.5 Å². The minimum Gasteiger partial charge on any atom is -0.374 e. The lowest BCUT2D eigenvalue weighted by molar-refractivity contribution is 0.0575. The van der Waals surface area contributed by atoms with Crippen molar-refractivity contribution in [2.75, 3.05) is 7.05 Å². The van der Waals surface area contributed by atoms with E-state index < -0.39 is 0 Å². The largest absolute Gasteiger partial charge is 0.374 e. The van der Waals surface area contributed by atoms with Gasteiger partial charge in [-0.25, -0.2) is 0 Å². The van der Waals surface area contributed by atoms with Crippen LogP contribution in [0.4, 0.5) is 0 Å². The molecule has 0 saturated carbocycles. The Kier molecular flexibility index (Phi) is 11.7. The van der Waals surface area contributed by atoms with Gasteiger partial charge in [-0.15, -0.1) is 24.2 Å². The number of fused-ring (bicyclic) bond motifs is 3. The summed E-state index contributed by atoms with van der Waals surface area (Å²) in [6, 6.07) is 9.61. The number of rotatable bonds is 9. The summed E-state index contributed by atoms with van der Waals surface area (Å²) in [5, 5.41) is 12.5. The van der Waals surface area contributed by atoms with E-state index in [0.29, 0.717) is 12.0 Å². The molecule has 2 heterocycles. The van der Waals surface area contributed by atoms with Crippen LogP contribution in [0.1, 0.15) is 78.7 Å². The number of hydrogen-bond donors (Lipinski definition) is 0. The molecule has 0 radical (unpaired) electrons. The Labute approximate surface area is 230 Å². The Morgan fingerprint density at radius 2 is 1.95 bits per heavy atom. The Balaban J connectivity index is 0.00000115. The van der Waals surface area contributed by atoms with Crippen LogP contribution in [0.15, 0.2) is 42.6 Å². The predicted octanol–water partition coefficient (Wildman–Crippen LogP) is 7.82. The summed E-state index contributed by atoms with van der Waals surface area (Å²) in [4.78, 5) is 2.26. The van der Waals surface area contributed by atoms with Crippen molar-refractivity contribution in [1.29, 1.82) is 5.26 Å². The van der Waals surface area contributed by atoms with Crippen LogP contribution in [0.5, 0.6) is 0 Å². The summed E-state index contributed by atoms with van der Waals surface area (Å²) in [6.45, 7) is 19.3. The molecule has 3 heteroatoms. The van der Waals surface area contributed by atoms with Crippen LogP contribution in [-0.2, 0) is 6.42 Å². The monoisotopic (exact) mass is 514 g/mol. The summed E-state index contributed by atoms with van der Waals surface area (Å²) >= 11 is 2.00. The van der Waals surface area contributed by atoms with E-state index >= 15 is 0 Å². The highest BCUT2D eigenvalue weighted by atomic mass is 32.1. The fourth-order valence-electron chi connectivity index (χ4n) is 5.90. The lowest BCUT2D eigenvalue weighted by Crippen LogP contribution is -2.57. The van der Waals surface area contributed by atoms with Crippen LogP contribution >= 0.6 is 11.3 Å². The molecule has 0 N–H and O–H groups in total. The molecule has 0 bridgehead atoms.